The van der Waals surface area contributed by atoms with Crippen LogP contribution < -0.4 is 0 Å². The van der Waals surface area contributed by atoms with E-state index in [9.17, 15) is 4.79 Å². The van der Waals surface area contributed by atoms with Crippen LogP contribution in [0.15, 0.2) is 16.8 Å². The second-order valence-corrected chi connectivity index (χ2v) is 3.26. The fourth-order valence-electron chi connectivity index (χ4n) is 1.91. The average molecular weight is 165 g/mol. The summed E-state index contributed by atoms with van der Waals surface area (Å²) in [5.41, 5.74) is 1.29. The predicted octanol–water partition coefficient (Wildman–Crippen LogP) is 1.25. The van der Waals surface area contributed by atoms with Crippen molar-refractivity contribution < 1.29 is 9.90 Å². The molecule has 0 saturated heterocycles. The molecule has 12 heavy (non-hydrogen) atoms. The molecule has 1 fully saturated rings. The van der Waals surface area contributed by atoms with Gasteiger partial charge in [-0.2, -0.15) is 0 Å². The van der Waals surface area contributed by atoms with Crippen LogP contribution in [0, 0.1) is 5.92 Å². The van der Waals surface area contributed by atoms with Crippen LogP contribution in [0.1, 0.15) is 19.3 Å². The molecule has 1 aliphatic heterocycles. The predicted molar refractivity (Wildman–Crippen MR) is 45.4 cm³/mol. The normalized spacial score (nSPS) is 32.0. The van der Waals surface area contributed by atoms with Crippen molar-refractivity contribution in [1.82, 2.24) is 0 Å². The zero-order valence-corrected chi connectivity index (χ0v) is 6.79. The number of carbonyl (C=O) groups excluding carboxylic acids is 1. The largest absolute Gasteiger partial charge is 0.515 e. The monoisotopic (exact) mass is 165 g/mol. The molecule has 64 valence electrons. The van der Waals surface area contributed by atoms with E-state index in [0.29, 0.717) is 17.9 Å². The summed E-state index contributed by atoms with van der Waals surface area (Å²) in [6.07, 6.45) is 3.43. The first-order chi connectivity index (χ1) is 5.83. The van der Waals surface area contributed by atoms with Crippen LogP contribution in [-0.2, 0) is 4.79 Å². The summed E-state index contributed by atoms with van der Waals surface area (Å²) in [5.74, 6) is 0.468. The molecule has 3 heteroatoms. The number of aliphatic imine (C=N–C) groups is 1. The van der Waals surface area contributed by atoms with Gasteiger partial charge in [0, 0.05) is 18.9 Å². The van der Waals surface area contributed by atoms with Gasteiger partial charge in [0.25, 0.3) is 0 Å². The van der Waals surface area contributed by atoms with Gasteiger partial charge in [-0.3, -0.25) is 9.79 Å². The van der Waals surface area contributed by atoms with Crippen LogP contribution in [0.2, 0.25) is 0 Å². The lowest BCUT2D eigenvalue weighted by Gasteiger charge is -2.19. The van der Waals surface area contributed by atoms with Crippen LogP contribution in [0.4, 0.5) is 0 Å². The smallest absolute Gasteiger partial charge is 0.167 e. The van der Waals surface area contributed by atoms with Gasteiger partial charge in [0.2, 0.25) is 0 Å². The Labute approximate surface area is 70.8 Å². The lowest BCUT2D eigenvalue weighted by molar-refractivity contribution is -0.115. The molecule has 1 aliphatic carbocycles. The van der Waals surface area contributed by atoms with Crippen molar-refractivity contribution in [3.05, 3.63) is 11.8 Å². The number of aliphatic hydroxyl groups excluding tert-OH is 1. The van der Waals surface area contributed by atoms with Crippen LogP contribution in [0.3, 0.4) is 0 Å². The van der Waals surface area contributed by atoms with E-state index in [1.165, 1.54) is 0 Å². The number of hydrogen-bond donors (Lipinski definition) is 1. The quantitative estimate of drug-likeness (QED) is 0.434. The zero-order chi connectivity index (χ0) is 8.55. The SMILES string of the molecule is O=C1CCC2CCN=C2/C1=C\O. The lowest BCUT2D eigenvalue weighted by atomic mass is 9.83. The number of allylic oxidation sites excluding steroid dienone is 1. The van der Waals surface area contributed by atoms with E-state index in [1.807, 2.05) is 0 Å². The maximum absolute atomic E-state index is 11.3. The highest BCUT2D eigenvalue weighted by molar-refractivity contribution is 6.24. The highest BCUT2D eigenvalue weighted by Crippen LogP contribution is 2.29. The number of hydrogen-bond acceptors (Lipinski definition) is 3. The van der Waals surface area contributed by atoms with E-state index < -0.39 is 0 Å². The number of rotatable bonds is 0. The van der Waals surface area contributed by atoms with Gasteiger partial charge in [0.05, 0.1) is 17.5 Å². The fraction of sp³-hybridized carbons (Fsp3) is 0.556. The summed E-state index contributed by atoms with van der Waals surface area (Å²) in [4.78, 5) is 15.5. The molecular formula is C9H11NO2. The molecule has 2 aliphatic rings. The summed E-state index contributed by atoms with van der Waals surface area (Å²) in [7, 11) is 0. The molecule has 3 nitrogen and oxygen atoms in total. The summed E-state index contributed by atoms with van der Waals surface area (Å²) in [5, 5.41) is 8.84. The molecule has 0 radical (unpaired) electrons. The minimum atomic E-state index is 0.0365. The summed E-state index contributed by atoms with van der Waals surface area (Å²) in [6.45, 7) is 0.810. The highest BCUT2D eigenvalue weighted by atomic mass is 16.2. The number of carbonyl (C=O) groups is 1. The Kier molecular flexibility index (Phi) is 1.71. The molecule has 0 spiro atoms. The van der Waals surface area contributed by atoms with Gasteiger partial charge in [0.1, 0.15) is 0 Å². The minimum Gasteiger partial charge on any atom is -0.515 e. The Balaban J connectivity index is 2.34. The van der Waals surface area contributed by atoms with E-state index in [-0.39, 0.29) is 5.78 Å². The summed E-state index contributed by atoms with van der Waals surface area (Å²) >= 11 is 0. The van der Waals surface area contributed by atoms with E-state index in [4.69, 9.17) is 5.11 Å². The number of nitrogens with zero attached hydrogens (tertiary/aromatic N) is 1. The van der Waals surface area contributed by atoms with Crippen LogP contribution in [-0.4, -0.2) is 23.1 Å². The third-order valence-corrected chi connectivity index (χ3v) is 2.57. The topological polar surface area (TPSA) is 49.7 Å². The first kappa shape index (κ1) is 7.53. The van der Waals surface area contributed by atoms with Gasteiger partial charge in [-0.1, -0.05) is 0 Å². The molecule has 0 aromatic carbocycles. The Hall–Kier alpha value is -1.12. The maximum Gasteiger partial charge on any atom is 0.167 e. The van der Waals surface area contributed by atoms with Crippen molar-refractivity contribution in [3.63, 3.8) is 0 Å². The molecule has 1 heterocycles. The van der Waals surface area contributed by atoms with Gasteiger partial charge < -0.3 is 5.11 Å². The highest BCUT2D eigenvalue weighted by Gasteiger charge is 2.32. The Bertz CT molecular complexity index is 278. The average Bonchev–Trinajstić information content (AvgIpc) is 2.52. The van der Waals surface area contributed by atoms with Gasteiger partial charge in [-0.25, -0.2) is 0 Å². The van der Waals surface area contributed by atoms with Gasteiger partial charge in [0.15, 0.2) is 5.78 Å². The molecule has 1 N–H and O–H groups in total. The molecule has 0 bridgehead atoms. The first-order valence-corrected chi connectivity index (χ1v) is 4.25. The van der Waals surface area contributed by atoms with Crippen LogP contribution >= 0.6 is 0 Å². The molecule has 1 saturated carbocycles. The summed E-state index contributed by atoms with van der Waals surface area (Å²) < 4.78 is 0. The second kappa shape index (κ2) is 2.73. The molecule has 0 amide bonds. The first-order valence-electron chi connectivity index (χ1n) is 4.25. The van der Waals surface area contributed by atoms with Crippen molar-refractivity contribution in [3.8, 4) is 0 Å². The van der Waals surface area contributed by atoms with Gasteiger partial charge in [-0.15, -0.1) is 0 Å². The Morgan fingerprint density at radius 2 is 2.33 bits per heavy atom. The molecule has 1 unspecified atom stereocenters. The number of aliphatic hydroxyl groups is 1. The molecule has 0 aromatic heterocycles. The standard InChI is InChI=1S/C9H11NO2/c11-5-7-8(12)2-1-6-3-4-10-9(6)7/h5-6,11H,1-4H2/b7-5-. The second-order valence-electron chi connectivity index (χ2n) is 3.26. The molecule has 0 aromatic rings. The Morgan fingerprint density at radius 1 is 1.50 bits per heavy atom. The Morgan fingerprint density at radius 3 is 3.08 bits per heavy atom. The van der Waals surface area contributed by atoms with E-state index in [0.717, 1.165) is 31.4 Å². The maximum atomic E-state index is 11.3. The van der Waals surface area contributed by atoms with Gasteiger partial charge in [-0.05, 0) is 12.8 Å². The summed E-state index contributed by atoms with van der Waals surface area (Å²) in [6, 6.07) is 0. The molecule has 1 atom stereocenters. The van der Waals surface area contributed by atoms with Crippen molar-refractivity contribution in [2.45, 2.75) is 19.3 Å². The third kappa shape index (κ3) is 0.967. The van der Waals surface area contributed by atoms with E-state index in [1.54, 1.807) is 0 Å². The van der Waals surface area contributed by atoms with Crippen LogP contribution in [0.5, 0.6) is 0 Å². The van der Waals surface area contributed by atoms with Crippen molar-refractivity contribution in [2.24, 2.45) is 10.9 Å². The van der Waals surface area contributed by atoms with Gasteiger partial charge >= 0.3 is 0 Å². The molecular weight excluding hydrogens is 154 g/mol. The number of ketones is 1. The minimum absolute atomic E-state index is 0.0365. The molecule has 2 rings (SSSR count). The van der Waals surface area contributed by atoms with E-state index in [2.05, 4.69) is 4.99 Å². The van der Waals surface area contributed by atoms with Crippen molar-refractivity contribution in [2.75, 3.05) is 6.54 Å². The zero-order valence-electron chi connectivity index (χ0n) is 6.79. The number of fused-ring (bicyclic) bond motifs is 1. The fourth-order valence-corrected chi connectivity index (χ4v) is 1.91. The number of Topliss-reactive ketones (excluding diaryl/α,β-unsaturated/α-hetero) is 1. The van der Waals surface area contributed by atoms with Crippen LogP contribution in [0.25, 0.3) is 0 Å². The third-order valence-electron chi connectivity index (χ3n) is 2.57. The van der Waals surface area contributed by atoms with Crippen molar-refractivity contribution >= 4 is 11.5 Å². The lowest BCUT2D eigenvalue weighted by Crippen LogP contribution is -2.25. The van der Waals surface area contributed by atoms with E-state index >= 15 is 0 Å². The van der Waals surface area contributed by atoms with Crippen molar-refractivity contribution in [1.29, 1.82) is 0 Å².